The standard InChI is InChI=1S/C17H23ClN6/c1-4-24(5-2)17-22-15(13-7-6-8-14(18)20-13)21-16(23-17)19-11(3)12-9-10-12/h6-8,11-12H,4-5,9-10H2,1-3H3,(H,19,21,22,23)/t11-/m1/s1. The van der Waals surface area contributed by atoms with Gasteiger partial charge in [0.15, 0.2) is 5.82 Å². The number of hydrogen-bond donors (Lipinski definition) is 1. The van der Waals surface area contributed by atoms with Gasteiger partial charge in [0.1, 0.15) is 10.8 Å². The normalized spacial score (nSPS) is 15.2. The zero-order valence-corrected chi connectivity index (χ0v) is 15.1. The van der Waals surface area contributed by atoms with Gasteiger partial charge < -0.3 is 10.2 Å². The summed E-state index contributed by atoms with van der Waals surface area (Å²) >= 11 is 6.02. The van der Waals surface area contributed by atoms with Crippen LogP contribution in [-0.2, 0) is 0 Å². The smallest absolute Gasteiger partial charge is 0.230 e. The lowest BCUT2D eigenvalue weighted by Crippen LogP contribution is -2.26. The van der Waals surface area contributed by atoms with Gasteiger partial charge in [-0.15, -0.1) is 0 Å². The molecule has 1 aliphatic rings. The Kier molecular flexibility index (Phi) is 5.14. The van der Waals surface area contributed by atoms with Crippen LogP contribution in [0, 0.1) is 5.92 Å². The number of pyridine rings is 1. The van der Waals surface area contributed by atoms with Gasteiger partial charge in [-0.1, -0.05) is 17.7 Å². The highest BCUT2D eigenvalue weighted by Crippen LogP contribution is 2.33. The predicted molar refractivity (Wildman–Crippen MR) is 97.4 cm³/mol. The number of halogens is 1. The Hall–Kier alpha value is -1.95. The van der Waals surface area contributed by atoms with E-state index in [9.17, 15) is 0 Å². The largest absolute Gasteiger partial charge is 0.351 e. The van der Waals surface area contributed by atoms with Crippen molar-refractivity contribution in [1.82, 2.24) is 19.9 Å². The minimum Gasteiger partial charge on any atom is -0.351 e. The van der Waals surface area contributed by atoms with Crippen LogP contribution >= 0.6 is 11.6 Å². The molecule has 128 valence electrons. The maximum Gasteiger partial charge on any atom is 0.230 e. The highest BCUT2D eigenvalue weighted by molar-refractivity contribution is 6.29. The molecule has 1 fully saturated rings. The van der Waals surface area contributed by atoms with E-state index in [1.807, 2.05) is 12.1 Å². The third-order valence-corrected chi connectivity index (χ3v) is 4.51. The average Bonchev–Trinajstić information content (AvgIpc) is 3.41. The van der Waals surface area contributed by atoms with E-state index in [2.05, 4.69) is 50.9 Å². The van der Waals surface area contributed by atoms with Crippen molar-refractivity contribution in [3.63, 3.8) is 0 Å². The summed E-state index contributed by atoms with van der Waals surface area (Å²) < 4.78 is 0. The zero-order valence-electron chi connectivity index (χ0n) is 14.3. The van der Waals surface area contributed by atoms with Crippen molar-refractivity contribution in [2.75, 3.05) is 23.3 Å². The monoisotopic (exact) mass is 346 g/mol. The molecule has 0 spiro atoms. The molecule has 2 aromatic heterocycles. The van der Waals surface area contributed by atoms with E-state index in [1.54, 1.807) is 6.07 Å². The molecule has 7 heteroatoms. The second-order valence-corrected chi connectivity index (χ2v) is 6.46. The van der Waals surface area contributed by atoms with Gasteiger partial charge in [0, 0.05) is 19.1 Å². The number of nitrogens with zero attached hydrogens (tertiary/aromatic N) is 5. The van der Waals surface area contributed by atoms with Crippen LogP contribution in [0.3, 0.4) is 0 Å². The van der Waals surface area contributed by atoms with Crippen LogP contribution in [0.15, 0.2) is 18.2 Å². The molecule has 2 heterocycles. The van der Waals surface area contributed by atoms with Gasteiger partial charge in [-0.2, -0.15) is 15.0 Å². The number of nitrogens with one attached hydrogen (secondary N) is 1. The first-order valence-electron chi connectivity index (χ1n) is 8.51. The lowest BCUT2D eigenvalue weighted by atomic mass is 10.2. The number of hydrogen-bond acceptors (Lipinski definition) is 6. The molecule has 0 aromatic carbocycles. The van der Waals surface area contributed by atoms with E-state index in [0.717, 1.165) is 13.1 Å². The van der Waals surface area contributed by atoms with Gasteiger partial charge in [-0.3, -0.25) is 0 Å². The lowest BCUT2D eigenvalue weighted by Gasteiger charge is -2.20. The van der Waals surface area contributed by atoms with E-state index in [1.165, 1.54) is 12.8 Å². The van der Waals surface area contributed by atoms with Gasteiger partial charge in [-0.05, 0) is 51.7 Å². The van der Waals surface area contributed by atoms with E-state index < -0.39 is 0 Å². The van der Waals surface area contributed by atoms with Crippen LogP contribution in [0.25, 0.3) is 11.5 Å². The molecule has 0 radical (unpaired) electrons. The first kappa shape index (κ1) is 16.9. The first-order chi connectivity index (χ1) is 11.6. The number of rotatable bonds is 7. The molecule has 1 aliphatic carbocycles. The molecule has 24 heavy (non-hydrogen) atoms. The third-order valence-electron chi connectivity index (χ3n) is 4.30. The summed E-state index contributed by atoms with van der Waals surface area (Å²) in [6, 6.07) is 5.82. The van der Waals surface area contributed by atoms with Gasteiger partial charge >= 0.3 is 0 Å². The quantitative estimate of drug-likeness (QED) is 0.772. The molecule has 6 nitrogen and oxygen atoms in total. The molecule has 3 rings (SSSR count). The van der Waals surface area contributed by atoms with Crippen molar-refractivity contribution >= 4 is 23.5 Å². The molecule has 0 saturated heterocycles. The molecular weight excluding hydrogens is 324 g/mol. The van der Waals surface area contributed by atoms with Crippen molar-refractivity contribution in [2.45, 2.75) is 39.7 Å². The Labute approximate surface area is 147 Å². The average molecular weight is 347 g/mol. The summed E-state index contributed by atoms with van der Waals surface area (Å²) in [7, 11) is 0. The topological polar surface area (TPSA) is 66.8 Å². The Bertz CT molecular complexity index is 699. The molecule has 2 aromatic rings. The molecule has 0 bridgehead atoms. The summed E-state index contributed by atoms with van der Waals surface area (Å²) in [5.74, 6) is 2.52. The molecule has 1 atom stereocenters. The maximum absolute atomic E-state index is 6.02. The molecule has 1 saturated carbocycles. The first-order valence-corrected chi connectivity index (χ1v) is 8.89. The highest BCUT2D eigenvalue weighted by Gasteiger charge is 2.28. The maximum atomic E-state index is 6.02. The Morgan fingerprint density at radius 2 is 1.92 bits per heavy atom. The van der Waals surface area contributed by atoms with E-state index in [-0.39, 0.29) is 0 Å². The SMILES string of the molecule is CCN(CC)c1nc(N[C@H](C)C2CC2)nc(-c2cccc(Cl)n2)n1. The minimum absolute atomic E-state index is 0.358. The zero-order chi connectivity index (χ0) is 17.1. The molecule has 0 amide bonds. The number of aromatic nitrogens is 4. The number of anilines is 2. The fourth-order valence-corrected chi connectivity index (χ4v) is 2.81. The van der Waals surface area contributed by atoms with Crippen molar-refractivity contribution in [2.24, 2.45) is 5.92 Å². The van der Waals surface area contributed by atoms with E-state index in [0.29, 0.717) is 40.5 Å². The van der Waals surface area contributed by atoms with Crippen LogP contribution in [-0.4, -0.2) is 39.1 Å². The van der Waals surface area contributed by atoms with Crippen molar-refractivity contribution in [3.05, 3.63) is 23.4 Å². The molecule has 0 aliphatic heterocycles. The highest BCUT2D eigenvalue weighted by atomic mass is 35.5. The van der Waals surface area contributed by atoms with Crippen molar-refractivity contribution < 1.29 is 0 Å². The summed E-state index contributed by atoms with van der Waals surface area (Å²) in [6.07, 6.45) is 2.54. The van der Waals surface area contributed by atoms with E-state index >= 15 is 0 Å². The van der Waals surface area contributed by atoms with Gasteiger partial charge in [-0.25, -0.2) is 4.98 Å². The van der Waals surface area contributed by atoms with Gasteiger partial charge in [0.2, 0.25) is 11.9 Å². The Balaban J connectivity index is 1.98. The van der Waals surface area contributed by atoms with Crippen LogP contribution < -0.4 is 10.2 Å². The molecular formula is C17H23ClN6. The third kappa shape index (κ3) is 3.93. The fourth-order valence-electron chi connectivity index (χ4n) is 2.64. The Morgan fingerprint density at radius 3 is 2.54 bits per heavy atom. The Morgan fingerprint density at radius 1 is 1.17 bits per heavy atom. The predicted octanol–water partition coefficient (Wildman–Crippen LogP) is 3.64. The van der Waals surface area contributed by atoms with Crippen LogP contribution in [0.4, 0.5) is 11.9 Å². The fraction of sp³-hybridized carbons (Fsp3) is 0.529. The van der Waals surface area contributed by atoms with Crippen molar-refractivity contribution in [1.29, 1.82) is 0 Å². The minimum atomic E-state index is 0.358. The van der Waals surface area contributed by atoms with Crippen LogP contribution in [0.5, 0.6) is 0 Å². The summed E-state index contributed by atoms with van der Waals surface area (Å²) in [6.45, 7) is 8.02. The summed E-state index contributed by atoms with van der Waals surface area (Å²) in [4.78, 5) is 20.2. The summed E-state index contributed by atoms with van der Waals surface area (Å²) in [5.41, 5.74) is 0.653. The van der Waals surface area contributed by atoms with E-state index in [4.69, 9.17) is 11.6 Å². The van der Waals surface area contributed by atoms with Gasteiger partial charge in [0.25, 0.3) is 0 Å². The van der Waals surface area contributed by atoms with Crippen LogP contribution in [0.2, 0.25) is 5.15 Å². The molecule has 0 unspecified atom stereocenters. The summed E-state index contributed by atoms with van der Waals surface area (Å²) in [5, 5.41) is 3.85. The second kappa shape index (κ2) is 7.30. The lowest BCUT2D eigenvalue weighted by molar-refractivity contribution is 0.684. The van der Waals surface area contributed by atoms with Gasteiger partial charge in [0.05, 0.1) is 0 Å². The van der Waals surface area contributed by atoms with Crippen molar-refractivity contribution in [3.8, 4) is 11.5 Å². The second-order valence-electron chi connectivity index (χ2n) is 6.07. The molecule has 1 N–H and O–H groups in total. The van der Waals surface area contributed by atoms with Crippen LogP contribution in [0.1, 0.15) is 33.6 Å².